The molecule has 0 spiro atoms. The van der Waals surface area contributed by atoms with Crippen LogP contribution in [-0.4, -0.2) is 58.3 Å². The first-order valence-corrected chi connectivity index (χ1v) is 21.6. The molecule has 0 radical (unpaired) electrons. The molecule has 0 heterocycles. The highest BCUT2D eigenvalue weighted by Crippen LogP contribution is 2.15. The average Bonchev–Trinajstić information content (AvgIpc) is 3.06. The lowest BCUT2D eigenvalue weighted by Gasteiger charge is -2.29. The zero-order chi connectivity index (χ0) is 34.5. The molecular formula is C42H88N2O3. The summed E-state index contributed by atoms with van der Waals surface area (Å²) in [6, 6.07) is 0. The quantitative estimate of drug-likeness (QED) is 0.0386. The molecule has 5 heteroatoms. The van der Waals surface area contributed by atoms with E-state index in [2.05, 4.69) is 26.2 Å². The van der Waals surface area contributed by atoms with Gasteiger partial charge in [-0.25, -0.2) is 5.01 Å². The molecule has 47 heavy (non-hydrogen) atoms. The zero-order valence-electron chi connectivity index (χ0n) is 32.5. The number of aliphatic hydroxyl groups excluding tert-OH is 3. The summed E-state index contributed by atoms with van der Waals surface area (Å²) in [7, 11) is 0. The summed E-state index contributed by atoms with van der Waals surface area (Å²) in [5.41, 5.74) is 3.41. The minimum Gasteiger partial charge on any atom is -0.392 e. The van der Waals surface area contributed by atoms with Crippen molar-refractivity contribution in [3.8, 4) is 0 Å². The third-order valence-corrected chi connectivity index (χ3v) is 10.1. The highest BCUT2D eigenvalue weighted by atomic mass is 16.3. The van der Waals surface area contributed by atoms with Gasteiger partial charge in [0.1, 0.15) is 0 Å². The van der Waals surface area contributed by atoms with Gasteiger partial charge in [-0.2, -0.15) is 0 Å². The molecular weight excluding hydrogens is 580 g/mol. The third-order valence-electron chi connectivity index (χ3n) is 10.1. The van der Waals surface area contributed by atoms with Gasteiger partial charge in [0.2, 0.25) is 0 Å². The number of hydrogen-bond donors (Lipinski definition) is 4. The first-order valence-electron chi connectivity index (χ1n) is 21.6. The Balaban J connectivity index is 4.32. The van der Waals surface area contributed by atoms with Gasteiger partial charge in [0, 0.05) is 19.6 Å². The lowest BCUT2D eigenvalue weighted by Crippen LogP contribution is -2.49. The molecule has 0 amide bonds. The lowest BCUT2D eigenvalue weighted by molar-refractivity contribution is 0.0205. The number of rotatable bonds is 40. The molecule has 0 aromatic rings. The number of hydrazine groups is 1. The molecule has 3 atom stereocenters. The molecule has 284 valence electrons. The number of aliphatic hydroxyl groups is 3. The van der Waals surface area contributed by atoms with Crippen LogP contribution in [0.3, 0.4) is 0 Å². The molecule has 0 saturated carbocycles. The van der Waals surface area contributed by atoms with Gasteiger partial charge in [-0.3, -0.25) is 5.43 Å². The van der Waals surface area contributed by atoms with Gasteiger partial charge in [-0.05, 0) is 19.3 Å². The maximum Gasteiger partial charge on any atom is 0.0681 e. The summed E-state index contributed by atoms with van der Waals surface area (Å²) in [6.07, 6.45) is 40.3. The monoisotopic (exact) mass is 669 g/mol. The fourth-order valence-electron chi connectivity index (χ4n) is 6.83. The Morgan fingerprint density at radius 2 is 0.574 bits per heavy atom. The van der Waals surface area contributed by atoms with Crippen LogP contribution in [0.5, 0.6) is 0 Å². The summed E-state index contributed by atoms with van der Waals surface area (Å²) in [6.45, 7) is 8.33. The van der Waals surface area contributed by atoms with E-state index in [9.17, 15) is 15.3 Å². The molecule has 0 fully saturated rings. The van der Waals surface area contributed by atoms with Gasteiger partial charge < -0.3 is 15.3 Å². The van der Waals surface area contributed by atoms with Crippen LogP contribution in [0.15, 0.2) is 0 Å². The number of nitrogens with one attached hydrogen (secondary N) is 1. The standard InChI is InChI=1S/C42H88N2O3/c1-4-7-10-13-16-19-22-25-28-31-34-40(45)37-43-44(38-41(46)35-32-29-26-23-20-17-14-11-8-5-2)39-42(47)36-33-30-27-24-21-18-15-12-9-6-3/h40-43,45-47H,4-39H2,1-3H3. The Morgan fingerprint density at radius 1 is 0.340 bits per heavy atom. The molecule has 0 aromatic heterocycles. The van der Waals surface area contributed by atoms with E-state index in [1.54, 1.807) is 0 Å². The fourth-order valence-corrected chi connectivity index (χ4v) is 6.83. The van der Waals surface area contributed by atoms with Crippen molar-refractivity contribution in [2.45, 2.75) is 251 Å². The Kier molecular flexibility index (Phi) is 38.4. The molecule has 0 aliphatic carbocycles. The maximum absolute atomic E-state index is 10.9. The molecule has 0 aliphatic heterocycles. The van der Waals surface area contributed by atoms with Crippen molar-refractivity contribution in [2.24, 2.45) is 0 Å². The van der Waals surface area contributed by atoms with Crippen molar-refractivity contribution in [3.63, 3.8) is 0 Å². The van der Waals surface area contributed by atoms with Crippen molar-refractivity contribution in [1.82, 2.24) is 10.4 Å². The predicted octanol–water partition coefficient (Wildman–Crippen LogP) is 11.8. The van der Waals surface area contributed by atoms with E-state index in [1.165, 1.54) is 173 Å². The van der Waals surface area contributed by atoms with E-state index >= 15 is 0 Å². The van der Waals surface area contributed by atoms with E-state index in [0.29, 0.717) is 19.6 Å². The molecule has 0 rings (SSSR count). The van der Waals surface area contributed by atoms with Crippen LogP contribution in [0, 0.1) is 0 Å². The van der Waals surface area contributed by atoms with Crippen LogP contribution in [0.25, 0.3) is 0 Å². The number of hydrogen-bond acceptors (Lipinski definition) is 5. The Bertz CT molecular complexity index is 546. The molecule has 3 unspecified atom stereocenters. The van der Waals surface area contributed by atoms with Crippen molar-refractivity contribution in [1.29, 1.82) is 0 Å². The molecule has 0 saturated heterocycles. The van der Waals surface area contributed by atoms with E-state index in [0.717, 1.165) is 38.5 Å². The second kappa shape index (κ2) is 38.6. The van der Waals surface area contributed by atoms with Crippen LogP contribution >= 0.6 is 0 Å². The van der Waals surface area contributed by atoms with Crippen molar-refractivity contribution in [2.75, 3.05) is 19.6 Å². The molecule has 0 aliphatic rings. The highest BCUT2D eigenvalue weighted by Gasteiger charge is 2.17. The molecule has 0 bridgehead atoms. The fraction of sp³-hybridized carbons (Fsp3) is 1.00. The molecule has 5 nitrogen and oxygen atoms in total. The first kappa shape index (κ1) is 46.8. The summed E-state index contributed by atoms with van der Waals surface area (Å²) >= 11 is 0. The summed E-state index contributed by atoms with van der Waals surface area (Å²) in [5.74, 6) is 0. The van der Waals surface area contributed by atoms with Crippen LogP contribution in [-0.2, 0) is 0 Å². The summed E-state index contributed by atoms with van der Waals surface area (Å²) < 4.78 is 0. The number of unbranched alkanes of at least 4 members (excludes halogenated alkanes) is 27. The van der Waals surface area contributed by atoms with Crippen LogP contribution < -0.4 is 5.43 Å². The summed E-state index contributed by atoms with van der Waals surface area (Å²) in [4.78, 5) is 0. The Labute approximate surface area is 295 Å². The van der Waals surface area contributed by atoms with Gasteiger partial charge in [-0.1, -0.05) is 213 Å². The van der Waals surface area contributed by atoms with Gasteiger partial charge in [-0.15, -0.1) is 0 Å². The predicted molar refractivity (Wildman–Crippen MR) is 207 cm³/mol. The first-order chi connectivity index (χ1) is 23.0. The SMILES string of the molecule is CCCCCCCCCCCCC(O)CNN(CC(O)CCCCCCCCCCCC)CC(O)CCCCCCCCCCCC. The zero-order valence-corrected chi connectivity index (χ0v) is 32.5. The van der Waals surface area contributed by atoms with Crippen LogP contribution in [0.2, 0.25) is 0 Å². The topological polar surface area (TPSA) is 76.0 Å². The third kappa shape index (κ3) is 36.9. The van der Waals surface area contributed by atoms with Crippen LogP contribution in [0.4, 0.5) is 0 Å². The number of nitrogens with zero attached hydrogens (tertiary/aromatic N) is 1. The maximum atomic E-state index is 10.9. The average molecular weight is 669 g/mol. The smallest absolute Gasteiger partial charge is 0.0681 e. The van der Waals surface area contributed by atoms with E-state index in [-0.39, 0.29) is 6.10 Å². The van der Waals surface area contributed by atoms with E-state index < -0.39 is 12.2 Å². The highest BCUT2D eigenvalue weighted by molar-refractivity contribution is 4.69. The minimum absolute atomic E-state index is 0.384. The van der Waals surface area contributed by atoms with Gasteiger partial charge in [0.25, 0.3) is 0 Å². The van der Waals surface area contributed by atoms with Crippen molar-refractivity contribution >= 4 is 0 Å². The van der Waals surface area contributed by atoms with Gasteiger partial charge >= 0.3 is 0 Å². The lowest BCUT2D eigenvalue weighted by atomic mass is 10.0. The molecule has 0 aromatic carbocycles. The Hall–Kier alpha value is -0.200. The second-order valence-electron chi connectivity index (χ2n) is 15.1. The van der Waals surface area contributed by atoms with Crippen molar-refractivity contribution in [3.05, 3.63) is 0 Å². The Morgan fingerprint density at radius 3 is 0.851 bits per heavy atom. The second-order valence-corrected chi connectivity index (χ2v) is 15.1. The van der Waals surface area contributed by atoms with E-state index in [4.69, 9.17) is 0 Å². The van der Waals surface area contributed by atoms with Gasteiger partial charge in [0.05, 0.1) is 18.3 Å². The molecule has 4 N–H and O–H groups in total. The normalized spacial score (nSPS) is 13.9. The minimum atomic E-state index is -0.403. The van der Waals surface area contributed by atoms with E-state index in [1.807, 2.05) is 5.01 Å². The van der Waals surface area contributed by atoms with Gasteiger partial charge in [0.15, 0.2) is 0 Å². The van der Waals surface area contributed by atoms with Crippen LogP contribution in [0.1, 0.15) is 233 Å². The largest absolute Gasteiger partial charge is 0.392 e. The van der Waals surface area contributed by atoms with Crippen molar-refractivity contribution < 1.29 is 15.3 Å². The summed E-state index contributed by atoms with van der Waals surface area (Å²) in [5, 5.41) is 34.4.